The molecule has 0 atom stereocenters. The van der Waals surface area contributed by atoms with Crippen molar-refractivity contribution in [2.75, 3.05) is 44.5 Å². The Bertz CT molecular complexity index is 473. The van der Waals surface area contributed by atoms with E-state index in [1.165, 1.54) is 11.3 Å². The zero-order valence-corrected chi connectivity index (χ0v) is 12.3. The van der Waals surface area contributed by atoms with Crippen LogP contribution in [0, 0.1) is 5.41 Å². The Hall–Kier alpha value is -1.38. The molecule has 8 heteroatoms. The minimum atomic E-state index is -0.237. The number of amides is 1. The van der Waals surface area contributed by atoms with Crippen molar-refractivity contribution in [1.29, 1.82) is 0 Å². The van der Waals surface area contributed by atoms with Gasteiger partial charge in [0.25, 0.3) is 5.91 Å². The molecule has 1 fully saturated rings. The van der Waals surface area contributed by atoms with Gasteiger partial charge in [0, 0.05) is 25.6 Å². The van der Waals surface area contributed by atoms with Gasteiger partial charge in [-0.3, -0.25) is 4.79 Å². The first-order chi connectivity index (χ1) is 9.60. The Kier molecular flexibility index (Phi) is 4.79. The van der Waals surface area contributed by atoms with E-state index in [4.69, 9.17) is 10.5 Å². The van der Waals surface area contributed by atoms with Crippen LogP contribution in [0.4, 0.5) is 10.9 Å². The van der Waals surface area contributed by atoms with Crippen LogP contribution in [0.1, 0.15) is 22.5 Å². The van der Waals surface area contributed by atoms with Gasteiger partial charge in [0.2, 0.25) is 0 Å². The number of aliphatic hydroxyl groups is 1. The number of anilines is 2. The standard InChI is InChI=1S/C12H20N4O3S/c1-19-5-4-14-11-16-9(13)8(20-11)10(18)15-6-12(7-17)2-3-12/h17H,2-7,13H2,1H3,(H,14,16)(H,15,18). The third kappa shape index (κ3) is 3.59. The monoisotopic (exact) mass is 300 g/mol. The molecule has 112 valence electrons. The van der Waals surface area contributed by atoms with E-state index in [0.29, 0.717) is 29.7 Å². The molecule has 0 unspecified atom stereocenters. The van der Waals surface area contributed by atoms with Crippen LogP contribution in [0.3, 0.4) is 0 Å². The molecule has 20 heavy (non-hydrogen) atoms. The number of methoxy groups -OCH3 is 1. The second-order valence-corrected chi connectivity index (χ2v) is 5.99. The van der Waals surface area contributed by atoms with Crippen LogP contribution in [0.5, 0.6) is 0 Å². The molecule has 1 aromatic rings. The van der Waals surface area contributed by atoms with Crippen LogP contribution >= 0.6 is 11.3 Å². The lowest BCUT2D eigenvalue weighted by atomic mass is 10.1. The average Bonchev–Trinajstić information content (AvgIpc) is 3.14. The number of ether oxygens (including phenoxy) is 1. The molecule has 5 N–H and O–H groups in total. The van der Waals surface area contributed by atoms with E-state index >= 15 is 0 Å². The molecule has 2 rings (SSSR count). The van der Waals surface area contributed by atoms with Gasteiger partial charge in [-0.1, -0.05) is 11.3 Å². The maximum absolute atomic E-state index is 12.0. The summed E-state index contributed by atoms with van der Waals surface area (Å²) < 4.78 is 4.92. The Morgan fingerprint density at radius 1 is 1.60 bits per heavy atom. The van der Waals surface area contributed by atoms with Crippen molar-refractivity contribution in [2.45, 2.75) is 12.8 Å². The molecule has 1 heterocycles. The van der Waals surface area contributed by atoms with Crippen LogP contribution < -0.4 is 16.4 Å². The molecule has 1 saturated carbocycles. The first-order valence-electron chi connectivity index (χ1n) is 6.48. The molecule has 1 aliphatic rings. The third-order valence-electron chi connectivity index (χ3n) is 3.36. The number of nitrogens with one attached hydrogen (secondary N) is 2. The summed E-state index contributed by atoms with van der Waals surface area (Å²) in [6.45, 7) is 1.75. The third-order valence-corrected chi connectivity index (χ3v) is 4.39. The Balaban J connectivity index is 1.89. The molecule has 1 aromatic heterocycles. The first-order valence-corrected chi connectivity index (χ1v) is 7.30. The van der Waals surface area contributed by atoms with Crippen molar-refractivity contribution in [2.24, 2.45) is 5.41 Å². The van der Waals surface area contributed by atoms with Crippen molar-refractivity contribution in [3.8, 4) is 0 Å². The van der Waals surface area contributed by atoms with Crippen LogP contribution in [0.2, 0.25) is 0 Å². The zero-order chi connectivity index (χ0) is 14.6. The number of nitrogen functional groups attached to an aromatic ring is 1. The maximum atomic E-state index is 12.0. The minimum absolute atomic E-state index is 0.106. The van der Waals surface area contributed by atoms with Crippen molar-refractivity contribution < 1.29 is 14.6 Å². The maximum Gasteiger partial charge on any atom is 0.265 e. The summed E-state index contributed by atoms with van der Waals surface area (Å²) in [7, 11) is 1.62. The van der Waals surface area contributed by atoms with Gasteiger partial charge in [0.05, 0.1) is 13.2 Å². The van der Waals surface area contributed by atoms with E-state index in [-0.39, 0.29) is 23.7 Å². The lowest BCUT2D eigenvalue weighted by Gasteiger charge is -2.11. The van der Waals surface area contributed by atoms with Crippen LogP contribution in [-0.4, -0.2) is 49.4 Å². The predicted octanol–water partition coefficient (Wildman–Crippen LogP) is 0.286. The lowest BCUT2D eigenvalue weighted by molar-refractivity contribution is 0.0940. The van der Waals surface area contributed by atoms with Crippen molar-refractivity contribution in [1.82, 2.24) is 10.3 Å². The Morgan fingerprint density at radius 2 is 2.35 bits per heavy atom. The fourth-order valence-electron chi connectivity index (χ4n) is 1.75. The molecule has 0 bridgehead atoms. The molecule has 0 radical (unpaired) electrons. The first kappa shape index (κ1) is 15.0. The molecular weight excluding hydrogens is 280 g/mol. The zero-order valence-electron chi connectivity index (χ0n) is 11.4. The number of hydrogen-bond acceptors (Lipinski definition) is 7. The lowest BCUT2D eigenvalue weighted by Crippen LogP contribution is -2.31. The molecule has 0 saturated heterocycles. The number of thiazole rings is 1. The van der Waals surface area contributed by atoms with E-state index in [2.05, 4.69) is 15.6 Å². The predicted molar refractivity (Wildman–Crippen MR) is 78.0 cm³/mol. The second kappa shape index (κ2) is 6.38. The Labute approximate surface area is 121 Å². The average molecular weight is 300 g/mol. The van der Waals surface area contributed by atoms with Gasteiger partial charge in [-0.25, -0.2) is 4.98 Å². The summed E-state index contributed by atoms with van der Waals surface area (Å²) in [6.07, 6.45) is 1.90. The highest BCUT2D eigenvalue weighted by molar-refractivity contribution is 7.18. The normalized spacial score (nSPS) is 15.9. The summed E-state index contributed by atoms with van der Waals surface area (Å²) in [4.78, 5) is 16.5. The topological polar surface area (TPSA) is 110 Å². The number of aromatic nitrogens is 1. The molecule has 0 spiro atoms. The highest BCUT2D eigenvalue weighted by Gasteiger charge is 2.42. The summed E-state index contributed by atoms with van der Waals surface area (Å²) in [5.74, 6) is -0.0132. The quantitative estimate of drug-likeness (QED) is 0.514. The van der Waals surface area contributed by atoms with Crippen molar-refractivity contribution in [3.63, 3.8) is 0 Å². The highest BCUT2D eigenvalue weighted by Crippen LogP contribution is 2.44. The fourth-order valence-corrected chi connectivity index (χ4v) is 2.57. The molecule has 1 aliphatic carbocycles. The highest BCUT2D eigenvalue weighted by atomic mass is 32.1. The van der Waals surface area contributed by atoms with Crippen LogP contribution in [0.25, 0.3) is 0 Å². The summed E-state index contributed by atoms with van der Waals surface area (Å²) >= 11 is 1.22. The number of nitrogens with zero attached hydrogens (tertiary/aromatic N) is 1. The number of carbonyl (C=O) groups is 1. The molecular formula is C12H20N4O3S. The number of nitrogens with two attached hydrogens (primary N) is 1. The van der Waals surface area contributed by atoms with Gasteiger partial charge in [-0.2, -0.15) is 0 Å². The summed E-state index contributed by atoms with van der Waals surface area (Å²) in [6, 6.07) is 0. The SMILES string of the molecule is COCCNc1nc(N)c(C(=O)NCC2(CO)CC2)s1. The van der Waals surface area contributed by atoms with Crippen molar-refractivity contribution in [3.05, 3.63) is 4.88 Å². The van der Waals surface area contributed by atoms with Gasteiger partial charge in [0.1, 0.15) is 10.7 Å². The number of rotatable bonds is 8. The van der Waals surface area contributed by atoms with Crippen molar-refractivity contribution >= 4 is 28.2 Å². The summed E-state index contributed by atoms with van der Waals surface area (Å²) in [5, 5.41) is 15.7. The second-order valence-electron chi connectivity index (χ2n) is 4.99. The van der Waals surface area contributed by atoms with Gasteiger partial charge < -0.3 is 26.2 Å². The van der Waals surface area contributed by atoms with E-state index in [0.717, 1.165) is 12.8 Å². The van der Waals surface area contributed by atoms with E-state index < -0.39 is 0 Å². The van der Waals surface area contributed by atoms with Gasteiger partial charge in [-0.05, 0) is 12.8 Å². The van der Waals surface area contributed by atoms with E-state index in [1.807, 2.05) is 0 Å². The minimum Gasteiger partial charge on any atom is -0.396 e. The molecule has 1 amide bonds. The largest absolute Gasteiger partial charge is 0.396 e. The van der Waals surface area contributed by atoms with Crippen LogP contribution in [-0.2, 0) is 4.74 Å². The van der Waals surface area contributed by atoms with Gasteiger partial charge in [0.15, 0.2) is 5.13 Å². The smallest absolute Gasteiger partial charge is 0.265 e. The molecule has 0 aliphatic heterocycles. The van der Waals surface area contributed by atoms with Gasteiger partial charge >= 0.3 is 0 Å². The fraction of sp³-hybridized carbons (Fsp3) is 0.667. The molecule has 0 aromatic carbocycles. The van der Waals surface area contributed by atoms with E-state index in [1.54, 1.807) is 7.11 Å². The number of carbonyl (C=O) groups excluding carboxylic acids is 1. The van der Waals surface area contributed by atoms with E-state index in [9.17, 15) is 9.90 Å². The van der Waals surface area contributed by atoms with Gasteiger partial charge in [-0.15, -0.1) is 0 Å². The molecule has 7 nitrogen and oxygen atoms in total. The number of hydrogen-bond donors (Lipinski definition) is 4. The number of aliphatic hydroxyl groups excluding tert-OH is 1. The van der Waals surface area contributed by atoms with Crippen LogP contribution in [0.15, 0.2) is 0 Å². The summed E-state index contributed by atoms with van der Waals surface area (Å²) in [5.41, 5.74) is 5.64. The Morgan fingerprint density at radius 3 is 2.95 bits per heavy atom.